The Morgan fingerprint density at radius 1 is 1.11 bits per heavy atom. The van der Waals surface area contributed by atoms with Crippen LogP contribution in [0.2, 0.25) is 0 Å². The van der Waals surface area contributed by atoms with Crippen molar-refractivity contribution in [3.05, 3.63) is 0 Å². The standard InChI is InChI=1S/C16H30N2O/c1-3-18(12-14-8-10-17-11-9-14)16(19)15-6-4-13(2)5-7-15/h13-15,17H,3-12H2,1-2H3. The summed E-state index contributed by atoms with van der Waals surface area (Å²) in [7, 11) is 0. The monoisotopic (exact) mass is 266 g/mol. The van der Waals surface area contributed by atoms with E-state index in [2.05, 4.69) is 24.1 Å². The maximum absolute atomic E-state index is 12.6. The van der Waals surface area contributed by atoms with E-state index in [4.69, 9.17) is 0 Å². The van der Waals surface area contributed by atoms with Crippen molar-refractivity contribution in [3.63, 3.8) is 0 Å². The third-order valence-electron chi connectivity index (χ3n) is 5.00. The molecule has 0 bridgehead atoms. The SMILES string of the molecule is CCN(CC1CCNCC1)C(=O)C1CCC(C)CC1. The molecule has 1 N–H and O–H groups in total. The van der Waals surface area contributed by atoms with Crippen LogP contribution in [-0.4, -0.2) is 37.0 Å². The molecule has 19 heavy (non-hydrogen) atoms. The minimum absolute atomic E-state index is 0.317. The van der Waals surface area contributed by atoms with Crippen molar-refractivity contribution in [1.29, 1.82) is 0 Å². The predicted octanol–water partition coefficient (Wildman–Crippen LogP) is 2.66. The highest BCUT2D eigenvalue weighted by molar-refractivity contribution is 5.78. The van der Waals surface area contributed by atoms with E-state index in [9.17, 15) is 4.79 Å². The minimum Gasteiger partial charge on any atom is -0.342 e. The molecule has 0 atom stereocenters. The summed E-state index contributed by atoms with van der Waals surface area (Å²) in [4.78, 5) is 14.8. The third kappa shape index (κ3) is 4.20. The molecule has 2 aliphatic rings. The Bertz CT molecular complexity index is 278. The van der Waals surface area contributed by atoms with E-state index in [0.29, 0.717) is 17.7 Å². The predicted molar refractivity (Wildman–Crippen MR) is 79.0 cm³/mol. The van der Waals surface area contributed by atoms with Crippen LogP contribution in [0.5, 0.6) is 0 Å². The maximum Gasteiger partial charge on any atom is 0.225 e. The summed E-state index contributed by atoms with van der Waals surface area (Å²) in [5.41, 5.74) is 0. The molecule has 0 radical (unpaired) electrons. The van der Waals surface area contributed by atoms with Crippen LogP contribution in [0.1, 0.15) is 52.4 Å². The van der Waals surface area contributed by atoms with Crippen LogP contribution in [0.4, 0.5) is 0 Å². The van der Waals surface area contributed by atoms with Crippen molar-refractivity contribution < 1.29 is 4.79 Å². The van der Waals surface area contributed by atoms with E-state index < -0.39 is 0 Å². The molecule has 1 heterocycles. The zero-order valence-corrected chi connectivity index (χ0v) is 12.7. The molecule has 1 aliphatic heterocycles. The largest absolute Gasteiger partial charge is 0.342 e. The maximum atomic E-state index is 12.6. The molecule has 3 nitrogen and oxygen atoms in total. The summed E-state index contributed by atoms with van der Waals surface area (Å²) < 4.78 is 0. The molecule has 1 amide bonds. The van der Waals surface area contributed by atoms with Crippen molar-refractivity contribution in [3.8, 4) is 0 Å². The molecular formula is C16H30N2O. The molecule has 110 valence electrons. The van der Waals surface area contributed by atoms with Gasteiger partial charge in [-0.3, -0.25) is 4.79 Å². The average molecular weight is 266 g/mol. The summed E-state index contributed by atoms with van der Waals surface area (Å²) in [5, 5.41) is 3.40. The molecule has 2 rings (SSSR count). The minimum atomic E-state index is 0.317. The molecule has 1 aliphatic carbocycles. The number of hydrogen-bond donors (Lipinski definition) is 1. The quantitative estimate of drug-likeness (QED) is 0.848. The molecule has 0 aromatic carbocycles. The van der Waals surface area contributed by atoms with Crippen molar-refractivity contribution in [1.82, 2.24) is 10.2 Å². The van der Waals surface area contributed by atoms with Gasteiger partial charge in [0.05, 0.1) is 0 Å². The van der Waals surface area contributed by atoms with Crippen molar-refractivity contribution in [2.75, 3.05) is 26.2 Å². The number of amides is 1. The zero-order chi connectivity index (χ0) is 13.7. The summed E-state index contributed by atoms with van der Waals surface area (Å²) >= 11 is 0. The molecule has 0 spiro atoms. The Kier molecular flexibility index (Phi) is 5.68. The van der Waals surface area contributed by atoms with Gasteiger partial charge in [0, 0.05) is 19.0 Å². The Hall–Kier alpha value is -0.570. The second-order valence-electron chi connectivity index (χ2n) is 6.53. The lowest BCUT2D eigenvalue weighted by Gasteiger charge is -2.34. The summed E-state index contributed by atoms with van der Waals surface area (Å²) in [6, 6.07) is 0. The van der Waals surface area contributed by atoms with Crippen LogP contribution < -0.4 is 5.32 Å². The molecule has 0 aromatic heterocycles. The normalized spacial score (nSPS) is 29.2. The average Bonchev–Trinajstić information content (AvgIpc) is 2.46. The summed E-state index contributed by atoms with van der Waals surface area (Å²) in [5.74, 6) is 2.29. The van der Waals surface area contributed by atoms with Gasteiger partial charge in [-0.15, -0.1) is 0 Å². The Balaban J connectivity index is 1.83. The lowest BCUT2D eigenvalue weighted by Crippen LogP contribution is -2.42. The van der Waals surface area contributed by atoms with Gasteiger partial charge in [-0.25, -0.2) is 0 Å². The Morgan fingerprint density at radius 2 is 1.74 bits per heavy atom. The van der Waals surface area contributed by atoms with Crippen LogP contribution in [0.15, 0.2) is 0 Å². The molecule has 3 heteroatoms. The highest BCUT2D eigenvalue weighted by Crippen LogP contribution is 2.30. The fourth-order valence-corrected chi connectivity index (χ4v) is 3.52. The van der Waals surface area contributed by atoms with E-state index in [-0.39, 0.29) is 0 Å². The van der Waals surface area contributed by atoms with Gasteiger partial charge < -0.3 is 10.2 Å². The first-order valence-corrected chi connectivity index (χ1v) is 8.20. The van der Waals surface area contributed by atoms with Gasteiger partial charge in [0.1, 0.15) is 0 Å². The van der Waals surface area contributed by atoms with Gasteiger partial charge in [-0.05, 0) is 70.4 Å². The number of carbonyl (C=O) groups is 1. The second kappa shape index (κ2) is 7.28. The van der Waals surface area contributed by atoms with E-state index in [1.165, 1.54) is 25.7 Å². The van der Waals surface area contributed by atoms with Crippen molar-refractivity contribution in [2.45, 2.75) is 52.4 Å². The first-order valence-electron chi connectivity index (χ1n) is 8.20. The highest BCUT2D eigenvalue weighted by Gasteiger charge is 2.28. The lowest BCUT2D eigenvalue weighted by atomic mass is 9.82. The van der Waals surface area contributed by atoms with Gasteiger partial charge in [-0.2, -0.15) is 0 Å². The topological polar surface area (TPSA) is 32.3 Å². The van der Waals surface area contributed by atoms with E-state index in [1.807, 2.05) is 0 Å². The molecule has 1 saturated carbocycles. The summed E-state index contributed by atoms with van der Waals surface area (Å²) in [6.07, 6.45) is 7.16. The fourth-order valence-electron chi connectivity index (χ4n) is 3.52. The van der Waals surface area contributed by atoms with Crippen LogP contribution in [-0.2, 0) is 4.79 Å². The Labute approximate surface area is 118 Å². The number of hydrogen-bond acceptors (Lipinski definition) is 2. The molecule has 0 unspecified atom stereocenters. The van der Waals surface area contributed by atoms with Crippen LogP contribution >= 0.6 is 0 Å². The third-order valence-corrected chi connectivity index (χ3v) is 5.00. The van der Waals surface area contributed by atoms with E-state index >= 15 is 0 Å². The van der Waals surface area contributed by atoms with Gasteiger partial charge in [0.2, 0.25) is 5.91 Å². The van der Waals surface area contributed by atoms with Crippen molar-refractivity contribution >= 4 is 5.91 Å². The van der Waals surface area contributed by atoms with Crippen LogP contribution in [0.25, 0.3) is 0 Å². The van der Waals surface area contributed by atoms with Crippen LogP contribution in [0.3, 0.4) is 0 Å². The summed E-state index contributed by atoms with van der Waals surface area (Å²) in [6.45, 7) is 8.56. The van der Waals surface area contributed by atoms with Gasteiger partial charge in [0.15, 0.2) is 0 Å². The molecular weight excluding hydrogens is 236 g/mol. The first-order chi connectivity index (χ1) is 9.20. The number of nitrogens with one attached hydrogen (secondary N) is 1. The zero-order valence-electron chi connectivity index (χ0n) is 12.7. The van der Waals surface area contributed by atoms with Gasteiger partial charge >= 0.3 is 0 Å². The van der Waals surface area contributed by atoms with Crippen molar-refractivity contribution in [2.24, 2.45) is 17.8 Å². The highest BCUT2D eigenvalue weighted by atomic mass is 16.2. The number of nitrogens with zero attached hydrogens (tertiary/aromatic N) is 1. The molecule has 1 saturated heterocycles. The van der Waals surface area contributed by atoms with E-state index in [0.717, 1.165) is 44.9 Å². The second-order valence-corrected chi connectivity index (χ2v) is 6.53. The number of piperidine rings is 1. The number of carbonyl (C=O) groups excluding carboxylic acids is 1. The fraction of sp³-hybridized carbons (Fsp3) is 0.938. The van der Waals surface area contributed by atoms with E-state index in [1.54, 1.807) is 0 Å². The number of rotatable bonds is 4. The molecule has 0 aromatic rings. The Morgan fingerprint density at radius 3 is 2.32 bits per heavy atom. The smallest absolute Gasteiger partial charge is 0.225 e. The first kappa shape index (κ1) is 14.8. The molecule has 2 fully saturated rings. The van der Waals surface area contributed by atoms with Crippen LogP contribution in [0, 0.1) is 17.8 Å². The van der Waals surface area contributed by atoms with Gasteiger partial charge in [0.25, 0.3) is 0 Å². The van der Waals surface area contributed by atoms with Gasteiger partial charge in [-0.1, -0.05) is 6.92 Å². The lowest BCUT2D eigenvalue weighted by molar-refractivity contribution is -0.137.